The van der Waals surface area contributed by atoms with Crippen LogP contribution in [0.25, 0.3) is 6.08 Å². The molecule has 0 unspecified atom stereocenters. The molecule has 2 aromatic carbocycles. The SMILES string of the molecule is CC(C)(C)C(=O)[C@H]1[C@H](c2cccc(F)c2)C(C#N)(C#N)[C@H]2c3ccccc3C=CN12. The Morgan fingerprint density at radius 2 is 1.80 bits per heavy atom. The van der Waals surface area contributed by atoms with Crippen molar-refractivity contribution in [2.24, 2.45) is 10.8 Å². The molecule has 5 heteroatoms. The summed E-state index contributed by atoms with van der Waals surface area (Å²) in [5, 5.41) is 20.7. The largest absolute Gasteiger partial charge is 0.357 e. The number of nitrogens with zero attached hydrogens (tertiary/aromatic N) is 3. The van der Waals surface area contributed by atoms with Crippen molar-refractivity contribution < 1.29 is 9.18 Å². The minimum atomic E-state index is -1.56. The molecule has 2 aliphatic rings. The molecule has 4 nitrogen and oxygen atoms in total. The zero-order chi connectivity index (χ0) is 21.7. The van der Waals surface area contributed by atoms with Gasteiger partial charge in [0.15, 0.2) is 11.2 Å². The van der Waals surface area contributed by atoms with Crippen LogP contribution in [0.2, 0.25) is 0 Å². The summed E-state index contributed by atoms with van der Waals surface area (Å²) >= 11 is 0. The number of halogens is 1. The van der Waals surface area contributed by atoms with E-state index in [1.807, 2.05) is 62.2 Å². The van der Waals surface area contributed by atoms with Crippen LogP contribution in [-0.4, -0.2) is 16.7 Å². The quantitative estimate of drug-likeness (QED) is 0.715. The zero-order valence-electron chi connectivity index (χ0n) is 17.1. The number of rotatable bonds is 2. The second kappa shape index (κ2) is 6.82. The zero-order valence-corrected chi connectivity index (χ0v) is 17.1. The molecule has 1 saturated heterocycles. The molecule has 0 aliphatic carbocycles. The molecule has 2 heterocycles. The van der Waals surface area contributed by atoms with E-state index in [1.54, 1.807) is 12.1 Å². The molecule has 0 saturated carbocycles. The van der Waals surface area contributed by atoms with Crippen LogP contribution >= 0.6 is 0 Å². The molecule has 30 heavy (non-hydrogen) atoms. The first kappa shape index (κ1) is 19.9. The van der Waals surface area contributed by atoms with Gasteiger partial charge in [-0.05, 0) is 34.9 Å². The number of carbonyl (C=O) groups excluding carboxylic acids is 1. The summed E-state index contributed by atoms with van der Waals surface area (Å²) in [5.41, 5.74) is -0.0301. The van der Waals surface area contributed by atoms with Crippen molar-refractivity contribution in [3.05, 3.63) is 77.2 Å². The van der Waals surface area contributed by atoms with E-state index < -0.39 is 34.6 Å². The first-order chi connectivity index (χ1) is 14.2. The second-order valence-electron chi connectivity index (χ2n) is 8.98. The van der Waals surface area contributed by atoms with E-state index in [1.165, 1.54) is 12.1 Å². The molecule has 0 N–H and O–H groups in total. The van der Waals surface area contributed by atoms with E-state index in [9.17, 15) is 19.7 Å². The van der Waals surface area contributed by atoms with Crippen LogP contribution in [0.1, 0.15) is 49.4 Å². The van der Waals surface area contributed by atoms with Gasteiger partial charge >= 0.3 is 0 Å². The van der Waals surface area contributed by atoms with Crippen LogP contribution in [0.15, 0.2) is 54.7 Å². The number of benzene rings is 2. The number of hydrogen-bond donors (Lipinski definition) is 0. The van der Waals surface area contributed by atoms with Crippen LogP contribution in [-0.2, 0) is 4.79 Å². The Morgan fingerprint density at radius 1 is 1.10 bits per heavy atom. The third-order valence-electron chi connectivity index (χ3n) is 6.16. The van der Waals surface area contributed by atoms with E-state index >= 15 is 0 Å². The molecule has 0 spiro atoms. The lowest BCUT2D eigenvalue weighted by atomic mass is 9.66. The first-order valence-corrected chi connectivity index (χ1v) is 9.91. The van der Waals surface area contributed by atoms with Gasteiger partial charge in [-0.15, -0.1) is 0 Å². The number of carbonyl (C=O) groups is 1. The van der Waals surface area contributed by atoms with Crippen LogP contribution in [0.4, 0.5) is 4.39 Å². The molecular formula is C25H22FN3O. The lowest BCUT2D eigenvalue weighted by molar-refractivity contribution is -0.130. The maximum Gasteiger partial charge on any atom is 0.177 e. The van der Waals surface area contributed by atoms with Gasteiger partial charge in [-0.2, -0.15) is 10.5 Å². The number of fused-ring (bicyclic) bond motifs is 3. The van der Waals surface area contributed by atoms with Gasteiger partial charge in [0.1, 0.15) is 5.82 Å². The summed E-state index contributed by atoms with van der Waals surface area (Å²) in [6, 6.07) is 16.6. The van der Waals surface area contributed by atoms with Gasteiger partial charge in [0.25, 0.3) is 0 Å². The van der Waals surface area contributed by atoms with Gasteiger partial charge in [0.2, 0.25) is 0 Å². The van der Waals surface area contributed by atoms with Gasteiger partial charge in [-0.25, -0.2) is 4.39 Å². The highest BCUT2D eigenvalue weighted by Gasteiger charge is 2.64. The Hall–Kier alpha value is -3.44. The van der Waals surface area contributed by atoms with Crippen molar-refractivity contribution in [3.63, 3.8) is 0 Å². The number of hydrogen-bond acceptors (Lipinski definition) is 4. The molecule has 1 fully saturated rings. The molecule has 2 aliphatic heterocycles. The maximum absolute atomic E-state index is 14.2. The molecule has 3 atom stereocenters. The normalized spacial score (nSPS) is 23.8. The van der Waals surface area contributed by atoms with Gasteiger partial charge < -0.3 is 4.90 Å². The summed E-state index contributed by atoms with van der Waals surface area (Å²) in [7, 11) is 0. The van der Waals surface area contributed by atoms with Crippen molar-refractivity contribution in [1.29, 1.82) is 10.5 Å². The van der Waals surface area contributed by atoms with Crippen molar-refractivity contribution in [2.45, 2.75) is 38.8 Å². The van der Waals surface area contributed by atoms with Crippen LogP contribution in [0.3, 0.4) is 0 Å². The first-order valence-electron chi connectivity index (χ1n) is 9.91. The highest BCUT2D eigenvalue weighted by atomic mass is 19.1. The predicted octanol–water partition coefficient (Wildman–Crippen LogP) is 4.97. The monoisotopic (exact) mass is 399 g/mol. The third-order valence-corrected chi connectivity index (χ3v) is 6.16. The molecular weight excluding hydrogens is 377 g/mol. The van der Waals surface area contributed by atoms with Gasteiger partial charge in [-0.3, -0.25) is 4.79 Å². The highest BCUT2D eigenvalue weighted by Crippen LogP contribution is 2.60. The number of nitriles is 2. The van der Waals surface area contributed by atoms with E-state index in [4.69, 9.17) is 0 Å². The fourth-order valence-electron chi connectivity index (χ4n) is 4.81. The van der Waals surface area contributed by atoms with Crippen molar-refractivity contribution in [2.75, 3.05) is 0 Å². The van der Waals surface area contributed by atoms with Gasteiger partial charge in [0, 0.05) is 17.5 Å². The minimum Gasteiger partial charge on any atom is -0.357 e. The minimum absolute atomic E-state index is 0.0850. The Balaban J connectivity index is 2.03. The molecule has 150 valence electrons. The Morgan fingerprint density at radius 3 is 2.43 bits per heavy atom. The van der Waals surface area contributed by atoms with Crippen LogP contribution < -0.4 is 0 Å². The summed E-state index contributed by atoms with van der Waals surface area (Å²) in [5.74, 6) is -1.34. The average Bonchev–Trinajstić information content (AvgIpc) is 3.03. The molecule has 0 bridgehead atoms. The Bertz CT molecular complexity index is 1120. The maximum atomic E-state index is 14.2. The average molecular weight is 399 g/mol. The fraction of sp³-hybridized carbons (Fsp3) is 0.320. The Kier molecular flexibility index (Phi) is 4.51. The van der Waals surface area contributed by atoms with Crippen molar-refractivity contribution in [1.82, 2.24) is 4.90 Å². The summed E-state index contributed by atoms with van der Waals surface area (Å²) in [6.45, 7) is 5.48. The van der Waals surface area contributed by atoms with E-state index in [2.05, 4.69) is 12.1 Å². The standard InChI is InChI=1S/C25H22FN3O/c1-24(2,3)23(30)21-20(17-8-6-9-18(26)13-17)25(14-27,15-28)22-19-10-5-4-7-16(19)11-12-29(21)22/h4-13,20-22H,1-3H3/t20-,21+,22+/m0/s1. The van der Waals surface area contributed by atoms with Gasteiger partial charge in [-0.1, -0.05) is 57.2 Å². The van der Waals surface area contributed by atoms with Crippen molar-refractivity contribution in [3.8, 4) is 12.1 Å². The fourth-order valence-corrected chi connectivity index (χ4v) is 4.81. The Labute approximate surface area is 175 Å². The van der Waals surface area contributed by atoms with E-state index in [-0.39, 0.29) is 5.78 Å². The van der Waals surface area contributed by atoms with E-state index in [0.29, 0.717) is 5.56 Å². The summed E-state index contributed by atoms with van der Waals surface area (Å²) < 4.78 is 14.2. The third kappa shape index (κ3) is 2.74. The summed E-state index contributed by atoms with van der Waals surface area (Å²) in [4.78, 5) is 15.5. The number of ketones is 1. The van der Waals surface area contributed by atoms with Gasteiger partial charge in [0.05, 0.1) is 24.2 Å². The smallest absolute Gasteiger partial charge is 0.177 e. The lowest BCUT2D eigenvalue weighted by Gasteiger charge is -2.36. The van der Waals surface area contributed by atoms with Crippen molar-refractivity contribution >= 4 is 11.9 Å². The van der Waals surface area contributed by atoms with E-state index in [0.717, 1.165) is 11.1 Å². The number of Topliss-reactive ketones (excluding diaryl/α,β-unsaturated/α-hetero) is 1. The van der Waals surface area contributed by atoms with Crippen LogP contribution in [0.5, 0.6) is 0 Å². The molecule has 4 rings (SSSR count). The predicted molar refractivity (Wildman–Crippen MR) is 111 cm³/mol. The molecule has 0 amide bonds. The second-order valence-corrected chi connectivity index (χ2v) is 8.98. The highest BCUT2D eigenvalue weighted by molar-refractivity contribution is 5.91. The van der Waals surface area contributed by atoms with Crippen LogP contribution in [0, 0.1) is 39.3 Å². The molecule has 2 aromatic rings. The lowest BCUT2D eigenvalue weighted by Crippen LogP contribution is -2.43. The molecule has 0 radical (unpaired) electrons. The summed E-state index contributed by atoms with van der Waals surface area (Å²) in [6.07, 6.45) is 3.71. The topological polar surface area (TPSA) is 67.9 Å². The molecule has 0 aromatic heterocycles.